The predicted molar refractivity (Wildman–Crippen MR) is 119 cm³/mol. The molecular weight excluding hydrogens is 465 g/mol. The second-order valence-corrected chi connectivity index (χ2v) is 8.03. The van der Waals surface area contributed by atoms with E-state index in [1.807, 2.05) is 13.0 Å². The fraction of sp³-hybridized carbons (Fsp3) is 0.588. The van der Waals surface area contributed by atoms with Crippen molar-refractivity contribution in [2.45, 2.75) is 25.8 Å². The highest BCUT2D eigenvalue weighted by atomic mass is 127. The molecular formula is C17H30IN5O2S. The molecule has 0 saturated carbocycles. The monoisotopic (exact) mass is 495 g/mol. The number of guanidine groups is 1. The van der Waals surface area contributed by atoms with Gasteiger partial charge in [0.05, 0.1) is 12.8 Å². The summed E-state index contributed by atoms with van der Waals surface area (Å²) in [7, 11) is -3.17. The minimum absolute atomic E-state index is 0. The molecule has 0 radical (unpaired) electrons. The molecule has 1 heterocycles. The Bertz CT molecular complexity index is 654. The Kier molecular flexibility index (Phi) is 10.3. The van der Waals surface area contributed by atoms with Gasteiger partial charge in [-0.25, -0.2) is 13.1 Å². The number of rotatable bonds is 7. The Balaban J connectivity index is 0.00000338. The average Bonchev–Trinajstić information content (AvgIpc) is 2.59. The van der Waals surface area contributed by atoms with Crippen molar-refractivity contribution in [2.24, 2.45) is 4.99 Å². The van der Waals surface area contributed by atoms with Crippen molar-refractivity contribution in [1.82, 2.24) is 15.4 Å². The summed E-state index contributed by atoms with van der Waals surface area (Å²) in [5.74, 6) is 0.734. The standard InChI is InChI=1S/C17H29N5O2S.HI/c1-3-18-17(19-11-12-20-25(2,23)24)21-15-8-7-13-22(14-15)16-9-5-4-6-10-16;/h4-6,9-10,15,20H,3,7-8,11-14H2,1-2H3,(H2,18,19,21);1H. The van der Waals surface area contributed by atoms with Crippen LogP contribution in [-0.4, -0.2) is 59.4 Å². The topological polar surface area (TPSA) is 85.8 Å². The normalized spacial score (nSPS) is 18.2. The third-order valence-corrected chi connectivity index (χ3v) is 4.70. The van der Waals surface area contributed by atoms with Crippen molar-refractivity contribution >= 4 is 45.6 Å². The van der Waals surface area contributed by atoms with Gasteiger partial charge in [0.15, 0.2) is 5.96 Å². The van der Waals surface area contributed by atoms with E-state index in [1.54, 1.807) is 0 Å². The molecule has 2 rings (SSSR count). The van der Waals surface area contributed by atoms with Crippen molar-refractivity contribution in [1.29, 1.82) is 0 Å². The zero-order chi connectivity index (χ0) is 18.1. The highest BCUT2D eigenvalue weighted by Crippen LogP contribution is 2.19. The van der Waals surface area contributed by atoms with Gasteiger partial charge in [-0.3, -0.25) is 4.99 Å². The van der Waals surface area contributed by atoms with Gasteiger partial charge in [-0.2, -0.15) is 0 Å². The number of sulfonamides is 1. The molecule has 0 aromatic heterocycles. The maximum atomic E-state index is 11.1. The predicted octanol–water partition coefficient (Wildman–Crippen LogP) is 1.38. The van der Waals surface area contributed by atoms with Crippen LogP contribution in [0.25, 0.3) is 0 Å². The molecule has 0 aliphatic carbocycles. The van der Waals surface area contributed by atoms with Crippen LogP contribution in [0.4, 0.5) is 5.69 Å². The van der Waals surface area contributed by atoms with E-state index in [4.69, 9.17) is 0 Å². The number of nitrogens with zero attached hydrogens (tertiary/aromatic N) is 2. The molecule has 0 amide bonds. The molecule has 1 aromatic carbocycles. The highest BCUT2D eigenvalue weighted by molar-refractivity contribution is 14.0. The van der Waals surface area contributed by atoms with E-state index in [9.17, 15) is 8.42 Å². The third kappa shape index (κ3) is 8.54. The summed E-state index contributed by atoms with van der Waals surface area (Å²) >= 11 is 0. The Labute approximate surface area is 174 Å². The van der Waals surface area contributed by atoms with Gasteiger partial charge in [-0.1, -0.05) is 18.2 Å². The van der Waals surface area contributed by atoms with Crippen LogP contribution in [0.1, 0.15) is 19.8 Å². The molecule has 1 saturated heterocycles. The highest BCUT2D eigenvalue weighted by Gasteiger charge is 2.20. The minimum Gasteiger partial charge on any atom is -0.369 e. The van der Waals surface area contributed by atoms with E-state index >= 15 is 0 Å². The van der Waals surface area contributed by atoms with Gasteiger partial charge >= 0.3 is 0 Å². The molecule has 9 heteroatoms. The van der Waals surface area contributed by atoms with Crippen LogP contribution in [0, 0.1) is 0 Å². The molecule has 1 aliphatic rings. The number of benzene rings is 1. The van der Waals surface area contributed by atoms with Gasteiger partial charge in [0.2, 0.25) is 10.0 Å². The Hall–Kier alpha value is -1.07. The Morgan fingerprint density at radius 1 is 1.31 bits per heavy atom. The van der Waals surface area contributed by atoms with E-state index in [2.05, 4.69) is 49.5 Å². The van der Waals surface area contributed by atoms with Crippen LogP contribution in [0.2, 0.25) is 0 Å². The molecule has 1 unspecified atom stereocenters. The second kappa shape index (κ2) is 11.6. The van der Waals surface area contributed by atoms with E-state index in [0.717, 1.165) is 44.7 Å². The smallest absolute Gasteiger partial charge is 0.208 e. The Morgan fingerprint density at radius 3 is 2.69 bits per heavy atom. The Morgan fingerprint density at radius 2 is 2.04 bits per heavy atom. The molecule has 1 fully saturated rings. The van der Waals surface area contributed by atoms with Gasteiger partial charge < -0.3 is 15.5 Å². The average molecular weight is 495 g/mol. The molecule has 0 spiro atoms. The lowest BCUT2D eigenvalue weighted by atomic mass is 10.1. The van der Waals surface area contributed by atoms with Crippen LogP contribution in [-0.2, 0) is 10.0 Å². The van der Waals surface area contributed by atoms with Gasteiger partial charge in [-0.15, -0.1) is 24.0 Å². The summed E-state index contributed by atoms with van der Waals surface area (Å²) in [4.78, 5) is 6.84. The first kappa shape index (κ1) is 23.0. The molecule has 1 atom stereocenters. The molecule has 0 bridgehead atoms. The van der Waals surface area contributed by atoms with Crippen molar-refractivity contribution in [3.8, 4) is 0 Å². The first-order valence-electron chi connectivity index (χ1n) is 8.77. The lowest BCUT2D eigenvalue weighted by molar-refractivity contribution is 0.468. The number of piperidine rings is 1. The largest absolute Gasteiger partial charge is 0.369 e. The van der Waals surface area contributed by atoms with E-state index < -0.39 is 10.0 Å². The lowest BCUT2D eigenvalue weighted by Gasteiger charge is -2.35. The molecule has 26 heavy (non-hydrogen) atoms. The summed E-state index contributed by atoms with van der Waals surface area (Å²) in [6, 6.07) is 10.7. The van der Waals surface area contributed by atoms with Gasteiger partial charge in [0, 0.05) is 37.9 Å². The summed E-state index contributed by atoms with van der Waals surface area (Å²) in [6.45, 7) is 5.47. The number of para-hydroxylation sites is 1. The van der Waals surface area contributed by atoms with Crippen molar-refractivity contribution in [3.05, 3.63) is 30.3 Å². The zero-order valence-corrected chi connectivity index (χ0v) is 18.6. The lowest BCUT2D eigenvalue weighted by Crippen LogP contribution is -2.51. The van der Waals surface area contributed by atoms with Crippen LogP contribution < -0.4 is 20.3 Å². The molecule has 1 aliphatic heterocycles. The third-order valence-electron chi connectivity index (χ3n) is 3.97. The van der Waals surface area contributed by atoms with Crippen molar-refractivity contribution in [2.75, 3.05) is 43.9 Å². The van der Waals surface area contributed by atoms with E-state index in [0.29, 0.717) is 19.1 Å². The number of aliphatic imine (C=N–C) groups is 1. The molecule has 148 valence electrons. The fourth-order valence-electron chi connectivity index (χ4n) is 2.88. The summed E-state index contributed by atoms with van der Waals surface area (Å²) in [5.41, 5.74) is 1.24. The van der Waals surface area contributed by atoms with Crippen molar-refractivity contribution < 1.29 is 8.42 Å². The van der Waals surface area contributed by atoms with Gasteiger partial charge in [0.1, 0.15) is 0 Å². The zero-order valence-electron chi connectivity index (χ0n) is 15.4. The number of anilines is 1. The quantitative estimate of drug-likeness (QED) is 0.230. The number of hydrogen-bond acceptors (Lipinski definition) is 4. The maximum absolute atomic E-state index is 11.1. The molecule has 3 N–H and O–H groups in total. The van der Waals surface area contributed by atoms with E-state index in [1.165, 1.54) is 5.69 Å². The van der Waals surface area contributed by atoms with Crippen LogP contribution in [0.5, 0.6) is 0 Å². The molecule has 1 aromatic rings. The maximum Gasteiger partial charge on any atom is 0.208 e. The first-order chi connectivity index (χ1) is 12.0. The number of hydrogen-bond donors (Lipinski definition) is 3. The minimum atomic E-state index is -3.17. The second-order valence-electron chi connectivity index (χ2n) is 6.19. The van der Waals surface area contributed by atoms with Crippen molar-refractivity contribution in [3.63, 3.8) is 0 Å². The molecule has 7 nitrogen and oxygen atoms in total. The van der Waals surface area contributed by atoms with Crippen LogP contribution in [0.3, 0.4) is 0 Å². The van der Waals surface area contributed by atoms with Crippen LogP contribution in [0.15, 0.2) is 35.3 Å². The van der Waals surface area contributed by atoms with Crippen LogP contribution >= 0.6 is 24.0 Å². The number of halogens is 1. The summed E-state index contributed by atoms with van der Waals surface area (Å²) < 4.78 is 24.6. The van der Waals surface area contributed by atoms with E-state index in [-0.39, 0.29) is 24.0 Å². The van der Waals surface area contributed by atoms with Gasteiger partial charge in [-0.05, 0) is 31.9 Å². The summed E-state index contributed by atoms with van der Waals surface area (Å²) in [5, 5.41) is 6.70. The van der Waals surface area contributed by atoms with Gasteiger partial charge in [0.25, 0.3) is 0 Å². The summed E-state index contributed by atoms with van der Waals surface area (Å²) in [6.07, 6.45) is 3.37. The fourth-order valence-corrected chi connectivity index (χ4v) is 3.34. The SMILES string of the molecule is CCNC(=NCCNS(C)(=O)=O)NC1CCCN(c2ccccc2)C1.I. The first-order valence-corrected chi connectivity index (χ1v) is 10.7. The number of nitrogens with one attached hydrogen (secondary N) is 3.